The summed E-state index contributed by atoms with van der Waals surface area (Å²) in [5, 5.41) is 15.2. The third-order valence-corrected chi connectivity index (χ3v) is 6.46. The van der Waals surface area contributed by atoms with Gasteiger partial charge in [0.2, 0.25) is 5.95 Å². The second-order valence-corrected chi connectivity index (χ2v) is 8.83. The van der Waals surface area contributed by atoms with E-state index in [2.05, 4.69) is 33.0 Å². The van der Waals surface area contributed by atoms with Crippen LogP contribution in [0, 0.1) is 0 Å². The maximum absolute atomic E-state index is 13.3. The Balaban J connectivity index is 1.33. The van der Waals surface area contributed by atoms with E-state index in [0.29, 0.717) is 23.8 Å². The van der Waals surface area contributed by atoms with Crippen molar-refractivity contribution in [3.8, 4) is 5.75 Å². The molecular weight excluding hydrogens is 430 g/mol. The molecule has 8 nitrogen and oxygen atoms in total. The molecule has 0 amide bonds. The number of ether oxygens (including phenoxy) is 2. The Bertz CT molecular complexity index is 1150. The van der Waals surface area contributed by atoms with Gasteiger partial charge >= 0.3 is 5.97 Å². The summed E-state index contributed by atoms with van der Waals surface area (Å²) in [4.78, 5) is 13.3. The summed E-state index contributed by atoms with van der Waals surface area (Å²) < 4.78 is 13.5. The Kier molecular flexibility index (Phi) is 6.56. The molecule has 1 aliphatic heterocycles. The normalized spacial score (nSPS) is 18.2. The molecule has 0 spiro atoms. The number of hydrogen-bond acceptors (Lipinski definition) is 7. The molecule has 1 atom stereocenters. The number of hydrogen-bond donors (Lipinski definition) is 1. The van der Waals surface area contributed by atoms with Crippen LogP contribution in [0.4, 0.5) is 5.95 Å². The van der Waals surface area contributed by atoms with Gasteiger partial charge in [0.05, 0.1) is 12.2 Å². The molecule has 176 valence electrons. The molecule has 0 radical (unpaired) electrons. The van der Waals surface area contributed by atoms with Crippen LogP contribution >= 0.6 is 0 Å². The molecule has 1 aliphatic carbocycles. The van der Waals surface area contributed by atoms with E-state index >= 15 is 0 Å². The smallest absolute Gasteiger partial charge is 0.338 e. The minimum atomic E-state index is -0.472. The van der Waals surface area contributed by atoms with Crippen LogP contribution in [0.2, 0.25) is 0 Å². The molecule has 2 aliphatic rings. The monoisotopic (exact) mass is 459 g/mol. The van der Waals surface area contributed by atoms with Crippen molar-refractivity contribution in [2.24, 2.45) is 0 Å². The number of carbonyl (C=O) groups is 1. The van der Waals surface area contributed by atoms with E-state index < -0.39 is 6.04 Å². The molecule has 5 rings (SSSR count). The lowest BCUT2D eigenvalue weighted by Crippen LogP contribution is -2.32. The van der Waals surface area contributed by atoms with Crippen molar-refractivity contribution in [1.82, 2.24) is 20.2 Å². The highest BCUT2D eigenvalue weighted by Crippen LogP contribution is 2.36. The Labute approximate surface area is 199 Å². The van der Waals surface area contributed by atoms with Crippen molar-refractivity contribution in [3.63, 3.8) is 0 Å². The molecule has 3 aromatic rings. The van der Waals surface area contributed by atoms with E-state index in [0.717, 1.165) is 43.4 Å². The number of fused-ring (bicyclic) bond motifs is 1. The van der Waals surface area contributed by atoms with Crippen molar-refractivity contribution in [1.29, 1.82) is 0 Å². The number of benzene rings is 2. The van der Waals surface area contributed by atoms with Crippen LogP contribution in [0.3, 0.4) is 0 Å². The fourth-order valence-corrected chi connectivity index (χ4v) is 4.66. The topological polar surface area (TPSA) is 91.2 Å². The van der Waals surface area contributed by atoms with Gasteiger partial charge in [0, 0.05) is 12.1 Å². The Morgan fingerprint density at radius 1 is 1.06 bits per heavy atom. The first-order valence-corrected chi connectivity index (χ1v) is 11.9. The van der Waals surface area contributed by atoms with Gasteiger partial charge in [0.25, 0.3) is 0 Å². The zero-order valence-electron chi connectivity index (χ0n) is 19.3. The number of nitrogens with zero attached hydrogens (tertiary/aromatic N) is 4. The average molecular weight is 460 g/mol. The number of esters is 1. The lowest BCUT2D eigenvalue weighted by molar-refractivity contribution is -0.146. The molecule has 0 bridgehead atoms. The van der Waals surface area contributed by atoms with Gasteiger partial charge in [-0.3, -0.25) is 0 Å². The number of carbonyl (C=O) groups excluding carboxylic acids is 1. The predicted octanol–water partition coefficient (Wildman–Crippen LogP) is 4.46. The summed E-state index contributed by atoms with van der Waals surface area (Å²) >= 11 is 0. The quantitative estimate of drug-likeness (QED) is 0.522. The van der Waals surface area contributed by atoms with Crippen molar-refractivity contribution in [3.05, 3.63) is 77.0 Å². The van der Waals surface area contributed by atoms with Crippen molar-refractivity contribution in [2.75, 3.05) is 11.9 Å². The van der Waals surface area contributed by atoms with Crippen LogP contribution in [0.25, 0.3) is 0 Å². The summed E-state index contributed by atoms with van der Waals surface area (Å²) in [7, 11) is 0. The Hall–Kier alpha value is -3.68. The number of allylic oxidation sites excluding steroid dienone is 1. The maximum atomic E-state index is 13.3. The first-order valence-electron chi connectivity index (χ1n) is 11.9. The summed E-state index contributed by atoms with van der Waals surface area (Å²) in [6.07, 6.45) is 6.04. The Morgan fingerprint density at radius 2 is 1.82 bits per heavy atom. The minimum Gasteiger partial charge on any atom is -0.493 e. The van der Waals surface area contributed by atoms with Gasteiger partial charge in [-0.15, -0.1) is 0 Å². The minimum absolute atomic E-state index is 0.0298. The van der Waals surface area contributed by atoms with Gasteiger partial charge in [-0.05, 0) is 66.3 Å². The summed E-state index contributed by atoms with van der Waals surface area (Å²) in [5.41, 5.74) is 3.36. The van der Waals surface area contributed by atoms with Crippen LogP contribution in [-0.4, -0.2) is 38.9 Å². The van der Waals surface area contributed by atoms with E-state index in [1.54, 1.807) is 4.68 Å². The number of tetrazole rings is 1. The van der Waals surface area contributed by atoms with E-state index in [1.807, 2.05) is 49.4 Å². The zero-order chi connectivity index (χ0) is 23.3. The first-order chi connectivity index (χ1) is 16.7. The highest BCUT2D eigenvalue weighted by atomic mass is 16.5. The highest BCUT2D eigenvalue weighted by molar-refractivity contribution is 5.92. The van der Waals surface area contributed by atoms with Crippen molar-refractivity contribution >= 4 is 11.9 Å². The summed E-state index contributed by atoms with van der Waals surface area (Å²) in [6.45, 7) is 2.45. The molecule has 8 heteroatoms. The van der Waals surface area contributed by atoms with Gasteiger partial charge in [-0.25, -0.2) is 4.79 Å². The van der Waals surface area contributed by atoms with Crippen molar-refractivity contribution in [2.45, 2.75) is 57.6 Å². The number of rotatable bonds is 7. The second-order valence-electron chi connectivity index (χ2n) is 8.83. The fraction of sp³-hybridized carbons (Fsp3) is 0.385. The van der Waals surface area contributed by atoms with Crippen LogP contribution in [0.15, 0.2) is 65.9 Å². The third-order valence-electron chi connectivity index (χ3n) is 6.46. The third kappa shape index (κ3) is 4.81. The molecule has 1 unspecified atom stereocenters. The predicted molar refractivity (Wildman–Crippen MR) is 127 cm³/mol. The van der Waals surface area contributed by atoms with Gasteiger partial charge in [0.15, 0.2) is 0 Å². The number of nitrogens with one attached hydrogen (secondary N) is 1. The number of anilines is 1. The van der Waals surface area contributed by atoms with Gasteiger partial charge < -0.3 is 14.8 Å². The van der Waals surface area contributed by atoms with Gasteiger partial charge in [-0.2, -0.15) is 4.68 Å². The van der Waals surface area contributed by atoms with Gasteiger partial charge in [-0.1, -0.05) is 54.0 Å². The molecular formula is C26H29N5O3. The van der Waals surface area contributed by atoms with Crippen LogP contribution in [0.1, 0.15) is 56.2 Å². The molecule has 1 saturated carbocycles. The largest absolute Gasteiger partial charge is 0.493 e. The fourth-order valence-electron chi connectivity index (χ4n) is 4.66. The lowest BCUT2D eigenvalue weighted by Gasteiger charge is -2.29. The molecule has 1 aromatic heterocycles. The van der Waals surface area contributed by atoms with E-state index in [-0.39, 0.29) is 12.1 Å². The maximum Gasteiger partial charge on any atom is 0.338 e. The second kappa shape index (κ2) is 10.1. The zero-order valence-corrected chi connectivity index (χ0v) is 19.3. The number of aromatic nitrogens is 4. The van der Waals surface area contributed by atoms with Crippen LogP contribution in [0.5, 0.6) is 5.75 Å². The SMILES string of the molecule is CC1=C(C(=O)OC2CCCCC2)C(c2ccc(OCCc3ccccc3)cc2)n2nnnc2N1. The molecule has 34 heavy (non-hydrogen) atoms. The van der Waals surface area contributed by atoms with E-state index in [9.17, 15) is 4.79 Å². The average Bonchev–Trinajstić information content (AvgIpc) is 3.33. The lowest BCUT2D eigenvalue weighted by atomic mass is 9.95. The Morgan fingerprint density at radius 3 is 2.59 bits per heavy atom. The standard InChI is InChI=1S/C26H29N5O3/c1-18-23(25(32)34-22-10-6-3-7-11-22)24(31-26(27-18)28-29-30-31)20-12-14-21(15-13-20)33-17-16-19-8-4-2-5-9-19/h2,4-5,8-9,12-15,22,24H,3,6-7,10-11,16-17H2,1H3,(H,27,28,30). The van der Waals surface area contributed by atoms with Gasteiger partial charge in [0.1, 0.15) is 17.9 Å². The first kappa shape index (κ1) is 22.1. The molecule has 1 fully saturated rings. The summed E-state index contributed by atoms with van der Waals surface area (Å²) in [6, 6.07) is 17.5. The highest BCUT2D eigenvalue weighted by Gasteiger charge is 2.36. The van der Waals surface area contributed by atoms with Crippen LogP contribution < -0.4 is 10.1 Å². The molecule has 2 heterocycles. The molecule has 1 N–H and O–H groups in total. The van der Waals surface area contributed by atoms with E-state index in [4.69, 9.17) is 9.47 Å². The molecule has 0 saturated heterocycles. The summed E-state index contributed by atoms with van der Waals surface area (Å²) in [5.74, 6) is 0.962. The molecule has 2 aromatic carbocycles. The van der Waals surface area contributed by atoms with E-state index in [1.165, 1.54) is 12.0 Å². The van der Waals surface area contributed by atoms with Crippen LogP contribution in [-0.2, 0) is 16.0 Å². The van der Waals surface area contributed by atoms with Crippen molar-refractivity contribution < 1.29 is 14.3 Å².